The van der Waals surface area contributed by atoms with Gasteiger partial charge in [0.25, 0.3) is 0 Å². The second kappa shape index (κ2) is 9.80. The Labute approximate surface area is 114 Å². The Hall–Kier alpha value is -0.0800. The second-order valence-electron chi connectivity index (χ2n) is 6.56. The van der Waals surface area contributed by atoms with Crippen molar-refractivity contribution < 1.29 is 9.84 Å². The van der Waals surface area contributed by atoms with Crippen molar-refractivity contribution in [3.63, 3.8) is 0 Å². The molecule has 1 N–H and O–H groups in total. The molecule has 18 heavy (non-hydrogen) atoms. The lowest BCUT2D eigenvalue weighted by molar-refractivity contribution is 0.0127. The fraction of sp³-hybridized carbons (Fsp3) is 1.00. The topological polar surface area (TPSA) is 29.5 Å². The smallest absolute Gasteiger partial charge is 0.0773 e. The summed E-state index contributed by atoms with van der Waals surface area (Å²) in [5.74, 6) is 0.574. The van der Waals surface area contributed by atoms with E-state index in [0.717, 1.165) is 25.9 Å². The molecule has 0 rings (SSSR count). The van der Waals surface area contributed by atoms with Gasteiger partial charge >= 0.3 is 0 Å². The van der Waals surface area contributed by atoms with E-state index in [1.54, 1.807) is 0 Å². The molecule has 0 heterocycles. The Balaban J connectivity index is 3.67. The minimum Gasteiger partial charge on any atom is -0.391 e. The van der Waals surface area contributed by atoms with Gasteiger partial charge in [0.2, 0.25) is 0 Å². The molecule has 2 heteroatoms. The van der Waals surface area contributed by atoms with E-state index in [2.05, 4.69) is 34.6 Å². The highest BCUT2D eigenvalue weighted by molar-refractivity contribution is 4.71. The van der Waals surface area contributed by atoms with Crippen LogP contribution in [0.25, 0.3) is 0 Å². The summed E-state index contributed by atoms with van der Waals surface area (Å²) in [6, 6.07) is 0. The van der Waals surface area contributed by atoms with Crippen molar-refractivity contribution in [3.8, 4) is 0 Å². The lowest BCUT2D eigenvalue weighted by Crippen LogP contribution is -2.21. The van der Waals surface area contributed by atoms with Crippen molar-refractivity contribution in [2.75, 3.05) is 13.2 Å². The third-order valence-corrected chi connectivity index (χ3v) is 3.43. The molecule has 0 aliphatic heterocycles. The molecule has 0 amide bonds. The van der Waals surface area contributed by atoms with Crippen molar-refractivity contribution in [1.29, 1.82) is 0 Å². The first-order chi connectivity index (χ1) is 8.41. The average molecular weight is 258 g/mol. The average Bonchev–Trinajstić information content (AvgIpc) is 2.25. The van der Waals surface area contributed by atoms with Gasteiger partial charge in [0.1, 0.15) is 0 Å². The zero-order valence-electron chi connectivity index (χ0n) is 13.2. The number of aliphatic hydroxyl groups is 1. The van der Waals surface area contributed by atoms with Crippen LogP contribution in [0.15, 0.2) is 0 Å². The number of hydrogen-bond acceptors (Lipinski definition) is 2. The highest BCUT2D eigenvalue weighted by atomic mass is 16.5. The van der Waals surface area contributed by atoms with E-state index in [-0.39, 0.29) is 6.10 Å². The molecule has 0 radical (unpaired) electrons. The molecular formula is C16H34O2. The maximum atomic E-state index is 9.68. The summed E-state index contributed by atoms with van der Waals surface area (Å²) in [6.07, 6.45) is 6.54. The largest absolute Gasteiger partial charge is 0.391 e. The molecule has 0 aliphatic carbocycles. The molecular weight excluding hydrogens is 224 g/mol. The van der Waals surface area contributed by atoms with Gasteiger partial charge < -0.3 is 9.84 Å². The van der Waals surface area contributed by atoms with Crippen LogP contribution < -0.4 is 0 Å². The highest BCUT2D eigenvalue weighted by Crippen LogP contribution is 2.30. The van der Waals surface area contributed by atoms with Crippen LogP contribution >= 0.6 is 0 Å². The summed E-state index contributed by atoms with van der Waals surface area (Å²) < 4.78 is 5.63. The van der Waals surface area contributed by atoms with Gasteiger partial charge in [-0.25, -0.2) is 0 Å². The summed E-state index contributed by atoms with van der Waals surface area (Å²) in [4.78, 5) is 0. The summed E-state index contributed by atoms with van der Waals surface area (Å²) in [5.41, 5.74) is 0.415. The van der Waals surface area contributed by atoms with Gasteiger partial charge in [0.15, 0.2) is 0 Å². The molecule has 0 aromatic carbocycles. The third-order valence-electron chi connectivity index (χ3n) is 3.43. The van der Waals surface area contributed by atoms with Crippen molar-refractivity contribution >= 4 is 0 Å². The van der Waals surface area contributed by atoms with Crippen molar-refractivity contribution in [2.45, 2.75) is 79.2 Å². The Morgan fingerprint density at radius 1 is 1.11 bits per heavy atom. The van der Waals surface area contributed by atoms with E-state index in [9.17, 15) is 5.11 Å². The van der Waals surface area contributed by atoms with Gasteiger partial charge in [-0.15, -0.1) is 0 Å². The minimum absolute atomic E-state index is 0.277. The fourth-order valence-electron chi connectivity index (χ4n) is 2.71. The fourth-order valence-corrected chi connectivity index (χ4v) is 2.71. The molecule has 2 unspecified atom stereocenters. The van der Waals surface area contributed by atoms with Crippen LogP contribution in [0.3, 0.4) is 0 Å². The number of aliphatic hydroxyl groups excluding tert-OH is 1. The molecule has 0 fully saturated rings. The number of unbranched alkanes of at least 4 members (excludes halogenated alkanes) is 1. The number of ether oxygens (including phenoxy) is 1. The van der Waals surface area contributed by atoms with Crippen LogP contribution in [-0.4, -0.2) is 24.4 Å². The standard InChI is InChI=1S/C16H34O2/c1-6-8-9-15(17)13-18-12-14(3)11-16(4,5)10-7-2/h14-15,17H,6-13H2,1-5H3. The Kier molecular flexibility index (Phi) is 9.76. The lowest BCUT2D eigenvalue weighted by Gasteiger charge is -2.27. The van der Waals surface area contributed by atoms with Gasteiger partial charge in [0.05, 0.1) is 12.7 Å². The maximum absolute atomic E-state index is 9.68. The number of hydrogen-bond donors (Lipinski definition) is 1. The molecule has 0 aromatic rings. The summed E-state index contributed by atoms with van der Waals surface area (Å²) in [6.45, 7) is 12.6. The van der Waals surface area contributed by atoms with Gasteiger partial charge in [-0.05, 0) is 30.6 Å². The monoisotopic (exact) mass is 258 g/mol. The van der Waals surface area contributed by atoms with Gasteiger partial charge in [-0.1, -0.05) is 53.9 Å². The van der Waals surface area contributed by atoms with Crippen LogP contribution in [0.1, 0.15) is 73.1 Å². The van der Waals surface area contributed by atoms with E-state index in [1.807, 2.05) is 0 Å². The van der Waals surface area contributed by atoms with Crippen molar-refractivity contribution in [2.24, 2.45) is 11.3 Å². The molecule has 0 bridgehead atoms. The van der Waals surface area contributed by atoms with Gasteiger partial charge in [-0.2, -0.15) is 0 Å². The molecule has 2 nitrogen and oxygen atoms in total. The first-order valence-corrected chi connectivity index (χ1v) is 7.67. The first kappa shape index (κ1) is 17.9. The highest BCUT2D eigenvalue weighted by Gasteiger charge is 2.20. The Morgan fingerprint density at radius 2 is 1.78 bits per heavy atom. The predicted octanol–water partition coefficient (Wildman–Crippen LogP) is 4.41. The third kappa shape index (κ3) is 9.90. The second-order valence-corrected chi connectivity index (χ2v) is 6.56. The summed E-state index contributed by atoms with van der Waals surface area (Å²) >= 11 is 0. The zero-order valence-corrected chi connectivity index (χ0v) is 13.2. The molecule has 0 aliphatic rings. The van der Waals surface area contributed by atoms with Crippen molar-refractivity contribution in [1.82, 2.24) is 0 Å². The first-order valence-electron chi connectivity index (χ1n) is 7.67. The Morgan fingerprint density at radius 3 is 2.33 bits per heavy atom. The predicted molar refractivity (Wildman–Crippen MR) is 78.8 cm³/mol. The van der Waals surface area contributed by atoms with Crippen molar-refractivity contribution in [3.05, 3.63) is 0 Å². The van der Waals surface area contributed by atoms with E-state index in [0.29, 0.717) is 17.9 Å². The SMILES string of the molecule is CCCCC(O)COCC(C)CC(C)(C)CCC. The summed E-state index contributed by atoms with van der Waals surface area (Å²) in [5, 5.41) is 9.68. The number of rotatable bonds is 11. The van der Waals surface area contributed by atoms with Crippen LogP contribution in [0.2, 0.25) is 0 Å². The molecule has 0 aromatic heterocycles. The Bertz CT molecular complexity index is 190. The van der Waals surface area contributed by atoms with Crippen LogP contribution in [0, 0.1) is 11.3 Å². The van der Waals surface area contributed by atoms with Crippen LogP contribution in [-0.2, 0) is 4.74 Å². The van der Waals surface area contributed by atoms with E-state index < -0.39 is 0 Å². The molecule has 0 saturated carbocycles. The molecule has 0 spiro atoms. The lowest BCUT2D eigenvalue weighted by atomic mass is 9.80. The quantitative estimate of drug-likeness (QED) is 0.595. The van der Waals surface area contributed by atoms with Crippen LogP contribution in [0.4, 0.5) is 0 Å². The molecule has 2 atom stereocenters. The van der Waals surface area contributed by atoms with Gasteiger partial charge in [0, 0.05) is 6.61 Å². The molecule has 110 valence electrons. The van der Waals surface area contributed by atoms with E-state index in [1.165, 1.54) is 19.3 Å². The minimum atomic E-state index is -0.277. The summed E-state index contributed by atoms with van der Waals surface area (Å²) in [7, 11) is 0. The maximum Gasteiger partial charge on any atom is 0.0773 e. The molecule has 0 saturated heterocycles. The van der Waals surface area contributed by atoms with Gasteiger partial charge in [-0.3, -0.25) is 0 Å². The normalized spacial score (nSPS) is 15.7. The van der Waals surface area contributed by atoms with Crippen LogP contribution in [0.5, 0.6) is 0 Å². The van der Waals surface area contributed by atoms with E-state index >= 15 is 0 Å². The zero-order chi connectivity index (χ0) is 14.0. The van der Waals surface area contributed by atoms with E-state index in [4.69, 9.17) is 4.74 Å².